The van der Waals surface area contributed by atoms with Crippen LogP contribution in [0, 0.1) is 6.92 Å². The van der Waals surface area contributed by atoms with Gasteiger partial charge in [0.15, 0.2) is 0 Å². The number of fused-ring (bicyclic) bond motifs is 4. The van der Waals surface area contributed by atoms with E-state index in [0.29, 0.717) is 12.3 Å². The van der Waals surface area contributed by atoms with Crippen LogP contribution in [-0.4, -0.2) is 13.8 Å². The predicted molar refractivity (Wildman–Crippen MR) is 111 cm³/mol. The first-order valence-corrected chi connectivity index (χ1v) is 10.3. The van der Waals surface area contributed by atoms with Crippen LogP contribution in [0.15, 0.2) is 39.5 Å². The van der Waals surface area contributed by atoms with Gasteiger partial charge in [-0.3, -0.25) is 4.90 Å². The van der Waals surface area contributed by atoms with E-state index in [4.69, 9.17) is 13.9 Å². The van der Waals surface area contributed by atoms with Crippen LogP contribution in [0.1, 0.15) is 40.7 Å². The Morgan fingerprint density at radius 1 is 1.14 bits per heavy atom. The van der Waals surface area contributed by atoms with Crippen molar-refractivity contribution >= 4 is 11.0 Å². The SMILES string of the molecule is COc1ccccc1C[NH+]1COc2c(cc3c4c(c(=O)oc3c2C)CCCC4)C1. The normalized spacial score (nSPS) is 18.1. The summed E-state index contributed by atoms with van der Waals surface area (Å²) in [5, 5.41) is 1.10. The summed E-state index contributed by atoms with van der Waals surface area (Å²) in [4.78, 5) is 13.8. The highest BCUT2D eigenvalue weighted by Crippen LogP contribution is 2.36. The number of aryl methyl sites for hydroxylation is 2. The number of ether oxygens (including phenoxy) is 2. The van der Waals surface area contributed by atoms with E-state index in [1.807, 2.05) is 25.1 Å². The topological polar surface area (TPSA) is 53.1 Å². The Kier molecular flexibility index (Phi) is 4.55. The van der Waals surface area contributed by atoms with Gasteiger partial charge in [-0.1, -0.05) is 12.1 Å². The van der Waals surface area contributed by atoms with Crippen LogP contribution in [-0.2, 0) is 25.9 Å². The summed E-state index contributed by atoms with van der Waals surface area (Å²) in [6, 6.07) is 10.3. The maximum absolute atomic E-state index is 12.5. The van der Waals surface area contributed by atoms with Crippen molar-refractivity contribution in [3.63, 3.8) is 0 Å². The van der Waals surface area contributed by atoms with E-state index in [9.17, 15) is 4.79 Å². The van der Waals surface area contributed by atoms with Gasteiger partial charge >= 0.3 is 5.63 Å². The van der Waals surface area contributed by atoms with Crippen LogP contribution in [0.3, 0.4) is 0 Å². The molecule has 0 amide bonds. The third-order valence-corrected chi connectivity index (χ3v) is 6.26. The molecule has 5 rings (SSSR count). The van der Waals surface area contributed by atoms with E-state index >= 15 is 0 Å². The molecule has 1 unspecified atom stereocenters. The number of para-hydroxylation sites is 1. The molecule has 2 aliphatic rings. The lowest BCUT2D eigenvalue weighted by atomic mass is 9.89. The second-order valence-electron chi connectivity index (χ2n) is 8.12. The van der Waals surface area contributed by atoms with E-state index < -0.39 is 0 Å². The molecule has 0 saturated heterocycles. The summed E-state index contributed by atoms with van der Waals surface area (Å²) < 4.78 is 17.4. The summed E-state index contributed by atoms with van der Waals surface area (Å²) >= 11 is 0. The van der Waals surface area contributed by atoms with Gasteiger partial charge in [0.2, 0.25) is 6.73 Å². The monoisotopic (exact) mass is 392 g/mol. The Balaban J connectivity index is 1.54. The van der Waals surface area contributed by atoms with E-state index in [1.54, 1.807) is 7.11 Å². The molecule has 0 spiro atoms. The average molecular weight is 392 g/mol. The Morgan fingerprint density at radius 2 is 1.93 bits per heavy atom. The fourth-order valence-electron chi connectivity index (χ4n) is 4.85. The van der Waals surface area contributed by atoms with Gasteiger partial charge in [-0.2, -0.15) is 0 Å². The zero-order valence-corrected chi connectivity index (χ0v) is 17.0. The zero-order chi connectivity index (χ0) is 20.0. The molecule has 0 bridgehead atoms. The van der Waals surface area contributed by atoms with Crippen LogP contribution < -0.4 is 20.0 Å². The molecule has 0 radical (unpaired) electrons. The van der Waals surface area contributed by atoms with Crippen molar-refractivity contribution in [3.8, 4) is 11.5 Å². The number of benzene rings is 2. The van der Waals surface area contributed by atoms with Gasteiger partial charge < -0.3 is 13.9 Å². The average Bonchev–Trinajstić information content (AvgIpc) is 2.75. The second-order valence-corrected chi connectivity index (χ2v) is 8.12. The molecule has 5 heteroatoms. The molecule has 1 aliphatic heterocycles. The molecule has 2 aromatic carbocycles. The molecule has 1 N–H and O–H groups in total. The van der Waals surface area contributed by atoms with Crippen molar-refractivity contribution in [2.75, 3.05) is 13.8 Å². The summed E-state index contributed by atoms with van der Waals surface area (Å²) in [5.74, 6) is 1.79. The highest BCUT2D eigenvalue weighted by molar-refractivity contribution is 5.87. The van der Waals surface area contributed by atoms with Crippen molar-refractivity contribution < 1.29 is 18.8 Å². The van der Waals surface area contributed by atoms with Crippen LogP contribution in [0.4, 0.5) is 0 Å². The predicted octanol–water partition coefficient (Wildman–Crippen LogP) is 2.92. The number of nitrogens with one attached hydrogen (secondary N) is 1. The van der Waals surface area contributed by atoms with Crippen LogP contribution in [0.2, 0.25) is 0 Å². The zero-order valence-electron chi connectivity index (χ0n) is 17.0. The fourth-order valence-corrected chi connectivity index (χ4v) is 4.85. The number of methoxy groups -OCH3 is 1. The molecule has 3 aromatic rings. The number of rotatable bonds is 3. The molecule has 1 atom stereocenters. The highest BCUT2D eigenvalue weighted by Gasteiger charge is 2.27. The summed E-state index contributed by atoms with van der Waals surface area (Å²) in [5.41, 5.74) is 5.89. The standard InChI is InChI=1S/C24H25NO4/c1-15-22-17(11-20-18-8-4-5-9-19(18)24(26)29-23(15)20)13-25(14-28-22)12-16-7-3-6-10-21(16)27-2/h3,6-7,10-11H,4-5,8-9,12-14H2,1-2H3/p+1. The largest absolute Gasteiger partial charge is 0.496 e. The molecule has 0 saturated carbocycles. The lowest BCUT2D eigenvalue weighted by Gasteiger charge is -2.28. The lowest BCUT2D eigenvalue weighted by molar-refractivity contribution is -0.945. The lowest BCUT2D eigenvalue weighted by Crippen LogP contribution is -3.10. The van der Waals surface area contributed by atoms with Crippen LogP contribution in [0.5, 0.6) is 11.5 Å². The summed E-state index contributed by atoms with van der Waals surface area (Å²) in [6.07, 6.45) is 3.97. The van der Waals surface area contributed by atoms with E-state index in [1.165, 1.54) is 21.6 Å². The quantitative estimate of drug-likeness (QED) is 0.697. The Bertz CT molecular complexity index is 1150. The Hall–Kier alpha value is -2.79. The van der Waals surface area contributed by atoms with E-state index in [0.717, 1.165) is 66.8 Å². The Morgan fingerprint density at radius 3 is 2.76 bits per heavy atom. The van der Waals surface area contributed by atoms with Gasteiger partial charge in [0, 0.05) is 27.6 Å². The van der Waals surface area contributed by atoms with E-state index in [-0.39, 0.29) is 5.63 Å². The fraction of sp³-hybridized carbons (Fsp3) is 0.375. The minimum absolute atomic E-state index is 0.172. The molecule has 29 heavy (non-hydrogen) atoms. The van der Waals surface area contributed by atoms with Gasteiger partial charge in [0.25, 0.3) is 0 Å². The first-order chi connectivity index (χ1) is 14.2. The third-order valence-electron chi connectivity index (χ3n) is 6.26. The molecule has 150 valence electrons. The molecular formula is C24H26NO4+. The smallest absolute Gasteiger partial charge is 0.339 e. The first kappa shape index (κ1) is 18.3. The molecule has 0 fully saturated rings. The highest BCUT2D eigenvalue weighted by atomic mass is 16.5. The summed E-state index contributed by atoms with van der Waals surface area (Å²) in [7, 11) is 1.71. The molecule has 1 aromatic heterocycles. The summed E-state index contributed by atoms with van der Waals surface area (Å²) in [6.45, 7) is 4.29. The maximum atomic E-state index is 12.5. The first-order valence-electron chi connectivity index (χ1n) is 10.3. The van der Waals surface area contributed by atoms with Crippen LogP contribution >= 0.6 is 0 Å². The number of hydrogen-bond acceptors (Lipinski definition) is 4. The minimum Gasteiger partial charge on any atom is -0.496 e. The van der Waals surface area contributed by atoms with Gasteiger partial charge in [-0.05, 0) is 56.4 Å². The molecular weight excluding hydrogens is 366 g/mol. The van der Waals surface area contributed by atoms with Crippen molar-refractivity contribution in [2.24, 2.45) is 0 Å². The Labute approximate surface area is 169 Å². The van der Waals surface area contributed by atoms with Gasteiger partial charge in [0.05, 0.1) is 7.11 Å². The van der Waals surface area contributed by atoms with Gasteiger partial charge in [0.1, 0.15) is 30.2 Å². The van der Waals surface area contributed by atoms with Crippen molar-refractivity contribution in [1.82, 2.24) is 0 Å². The second kappa shape index (κ2) is 7.23. The van der Waals surface area contributed by atoms with Gasteiger partial charge in [-0.15, -0.1) is 0 Å². The maximum Gasteiger partial charge on any atom is 0.339 e. The number of hydrogen-bond donors (Lipinski definition) is 1. The van der Waals surface area contributed by atoms with Gasteiger partial charge in [-0.25, -0.2) is 4.79 Å². The minimum atomic E-state index is -0.172. The molecule has 2 heterocycles. The van der Waals surface area contributed by atoms with Crippen LogP contribution in [0.25, 0.3) is 11.0 Å². The van der Waals surface area contributed by atoms with Crippen molar-refractivity contribution in [3.05, 3.63) is 68.6 Å². The van der Waals surface area contributed by atoms with Crippen molar-refractivity contribution in [2.45, 2.75) is 45.7 Å². The number of quaternary nitrogens is 1. The van der Waals surface area contributed by atoms with E-state index in [2.05, 4.69) is 12.1 Å². The molecule has 5 nitrogen and oxygen atoms in total. The third kappa shape index (κ3) is 3.10. The molecule has 1 aliphatic carbocycles. The van der Waals surface area contributed by atoms with Crippen molar-refractivity contribution in [1.29, 1.82) is 0 Å².